The topological polar surface area (TPSA) is 12.0 Å². The van der Waals surface area contributed by atoms with E-state index in [0.29, 0.717) is 0 Å². The van der Waals surface area contributed by atoms with Crippen molar-refractivity contribution in [1.29, 1.82) is 0 Å². The second-order valence-corrected chi connectivity index (χ2v) is 8.85. The minimum atomic E-state index is 0.841. The molecule has 0 aromatic carbocycles. The lowest BCUT2D eigenvalue weighted by Gasteiger charge is -2.57. The Balaban J connectivity index is 1.52. The Labute approximate surface area is 125 Å². The van der Waals surface area contributed by atoms with E-state index in [4.69, 9.17) is 0 Å². The molecule has 0 radical (unpaired) electrons. The number of nitrogens with one attached hydrogen (secondary N) is 1. The average Bonchev–Trinajstić information content (AvgIpc) is 2.42. The van der Waals surface area contributed by atoms with Crippen LogP contribution in [0.5, 0.6) is 0 Å². The van der Waals surface area contributed by atoms with Crippen LogP contribution in [0.25, 0.3) is 0 Å². The third kappa shape index (κ3) is 2.25. The molecule has 0 aromatic rings. The molecule has 1 nitrogen and oxygen atoms in total. The fourth-order valence-corrected chi connectivity index (χ4v) is 7.10. The SMILES string of the molecule is CNC(C1CCCC(C)C1)C1C2CC3CC(C2)CC1C3. The van der Waals surface area contributed by atoms with Gasteiger partial charge in [0, 0.05) is 6.04 Å². The maximum absolute atomic E-state index is 3.82. The summed E-state index contributed by atoms with van der Waals surface area (Å²) in [4.78, 5) is 0. The molecule has 0 aromatic heterocycles. The number of rotatable bonds is 3. The van der Waals surface area contributed by atoms with Crippen molar-refractivity contribution in [3.8, 4) is 0 Å². The van der Waals surface area contributed by atoms with Gasteiger partial charge in [0.15, 0.2) is 0 Å². The molecule has 0 aliphatic heterocycles. The standard InChI is InChI=1S/C19H33N/c1-12-4-3-5-15(6-12)19(20-2)18-16-8-13-7-14(10-16)11-17(18)9-13/h12-20H,3-11H2,1-2H3. The van der Waals surface area contributed by atoms with Crippen LogP contribution in [0.2, 0.25) is 0 Å². The largest absolute Gasteiger partial charge is 0.316 e. The van der Waals surface area contributed by atoms with Crippen molar-refractivity contribution in [2.75, 3.05) is 7.05 Å². The maximum Gasteiger partial charge on any atom is 0.0126 e. The number of hydrogen-bond acceptors (Lipinski definition) is 1. The van der Waals surface area contributed by atoms with Crippen molar-refractivity contribution in [2.45, 2.75) is 70.8 Å². The van der Waals surface area contributed by atoms with Crippen LogP contribution in [0.3, 0.4) is 0 Å². The molecule has 0 amide bonds. The molecule has 5 aliphatic carbocycles. The van der Waals surface area contributed by atoms with Gasteiger partial charge in [0.1, 0.15) is 0 Å². The summed E-state index contributed by atoms with van der Waals surface area (Å²) in [5.41, 5.74) is 0. The fourth-order valence-electron chi connectivity index (χ4n) is 7.10. The highest BCUT2D eigenvalue weighted by molar-refractivity contribution is 5.03. The van der Waals surface area contributed by atoms with Crippen molar-refractivity contribution in [1.82, 2.24) is 5.32 Å². The highest BCUT2D eigenvalue weighted by Crippen LogP contribution is 2.58. The van der Waals surface area contributed by atoms with Crippen LogP contribution in [0, 0.1) is 41.4 Å². The molecule has 1 heteroatoms. The summed E-state index contributed by atoms with van der Waals surface area (Å²) in [6.45, 7) is 2.48. The quantitative estimate of drug-likeness (QED) is 0.801. The van der Waals surface area contributed by atoms with E-state index in [0.717, 1.165) is 47.5 Å². The van der Waals surface area contributed by atoms with Gasteiger partial charge >= 0.3 is 0 Å². The lowest BCUT2D eigenvalue weighted by molar-refractivity contribution is -0.0631. The third-order valence-corrected chi connectivity index (χ3v) is 7.53. The molecule has 3 atom stereocenters. The van der Waals surface area contributed by atoms with Crippen molar-refractivity contribution in [2.24, 2.45) is 41.4 Å². The van der Waals surface area contributed by atoms with Crippen molar-refractivity contribution in [3.63, 3.8) is 0 Å². The van der Waals surface area contributed by atoms with Crippen LogP contribution >= 0.6 is 0 Å². The monoisotopic (exact) mass is 275 g/mol. The normalized spacial score (nSPS) is 52.2. The van der Waals surface area contributed by atoms with E-state index in [-0.39, 0.29) is 0 Å². The van der Waals surface area contributed by atoms with Gasteiger partial charge in [-0.05, 0) is 93.4 Å². The van der Waals surface area contributed by atoms with E-state index in [1.54, 1.807) is 32.1 Å². The maximum atomic E-state index is 3.82. The summed E-state index contributed by atoms with van der Waals surface area (Å²) in [5.74, 6) is 7.39. The van der Waals surface area contributed by atoms with Crippen LogP contribution in [0.4, 0.5) is 0 Å². The first-order chi connectivity index (χ1) is 9.74. The fraction of sp³-hybridized carbons (Fsp3) is 1.00. The summed E-state index contributed by atoms with van der Waals surface area (Å²) in [6, 6.07) is 0.841. The van der Waals surface area contributed by atoms with Gasteiger partial charge in [-0.3, -0.25) is 0 Å². The molecule has 5 rings (SSSR count). The van der Waals surface area contributed by atoms with Crippen LogP contribution in [0.15, 0.2) is 0 Å². The van der Waals surface area contributed by atoms with E-state index >= 15 is 0 Å². The summed E-state index contributed by atoms with van der Waals surface area (Å²) < 4.78 is 0. The molecule has 0 heterocycles. The van der Waals surface area contributed by atoms with Crippen molar-refractivity contribution in [3.05, 3.63) is 0 Å². The molecule has 114 valence electrons. The molecule has 0 spiro atoms. The first-order valence-corrected chi connectivity index (χ1v) is 9.41. The molecule has 0 saturated heterocycles. The van der Waals surface area contributed by atoms with Gasteiger partial charge in [-0.2, -0.15) is 0 Å². The minimum absolute atomic E-state index is 0.841. The minimum Gasteiger partial charge on any atom is -0.316 e. The molecule has 3 unspecified atom stereocenters. The molecule has 20 heavy (non-hydrogen) atoms. The molecule has 4 bridgehead atoms. The summed E-state index contributed by atoms with van der Waals surface area (Å²) in [5, 5.41) is 3.82. The first-order valence-electron chi connectivity index (χ1n) is 9.41. The molecule has 5 fully saturated rings. The van der Waals surface area contributed by atoms with Gasteiger partial charge in [0.2, 0.25) is 0 Å². The Kier molecular flexibility index (Phi) is 3.61. The summed E-state index contributed by atoms with van der Waals surface area (Å²) in [6.07, 6.45) is 13.9. The second-order valence-electron chi connectivity index (χ2n) is 8.85. The van der Waals surface area contributed by atoms with E-state index in [9.17, 15) is 0 Å². The van der Waals surface area contributed by atoms with E-state index in [1.807, 2.05) is 0 Å². The third-order valence-electron chi connectivity index (χ3n) is 7.53. The Morgan fingerprint density at radius 2 is 1.50 bits per heavy atom. The molecular weight excluding hydrogens is 242 g/mol. The highest BCUT2D eigenvalue weighted by atomic mass is 14.9. The molecule has 1 N–H and O–H groups in total. The molecular formula is C19H33N. The van der Waals surface area contributed by atoms with Crippen LogP contribution in [0.1, 0.15) is 64.7 Å². The van der Waals surface area contributed by atoms with Gasteiger partial charge in [0.25, 0.3) is 0 Å². The highest BCUT2D eigenvalue weighted by Gasteiger charge is 2.51. The Morgan fingerprint density at radius 3 is 2.05 bits per heavy atom. The predicted molar refractivity (Wildman–Crippen MR) is 84.5 cm³/mol. The van der Waals surface area contributed by atoms with E-state index in [1.165, 1.54) is 25.7 Å². The molecule has 5 saturated carbocycles. The van der Waals surface area contributed by atoms with Gasteiger partial charge in [-0.15, -0.1) is 0 Å². The average molecular weight is 275 g/mol. The van der Waals surface area contributed by atoms with Crippen LogP contribution in [-0.2, 0) is 0 Å². The van der Waals surface area contributed by atoms with Crippen LogP contribution < -0.4 is 5.32 Å². The Morgan fingerprint density at radius 1 is 0.850 bits per heavy atom. The zero-order valence-corrected chi connectivity index (χ0v) is 13.5. The van der Waals surface area contributed by atoms with Gasteiger partial charge in [-0.25, -0.2) is 0 Å². The van der Waals surface area contributed by atoms with Gasteiger partial charge in [0.05, 0.1) is 0 Å². The number of hydrogen-bond donors (Lipinski definition) is 1. The lowest BCUT2D eigenvalue weighted by Crippen LogP contribution is -2.55. The zero-order valence-electron chi connectivity index (χ0n) is 13.5. The molecule has 5 aliphatic rings. The lowest BCUT2D eigenvalue weighted by atomic mass is 9.49. The Hall–Kier alpha value is -0.0400. The zero-order chi connectivity index (χ0) is 13.7. The predicted octanol–water partition coefficient (Wildman–Crippen LogP) is 4.47. The van der Waals surface area contributed by atoms with E-state index < -0.39 is 0 Å². The Bertz CT molecular complexity index is 322. The van der Waals surface area contributed by atoms with Crippen molar-refractivity contribution < 1.29 is 0 Å². The van der Waals surface area contributed by atoms with Crippen molar-refractivity contribution >= 4 is 0 Å². The smallest absolute Gasteiger partial charge is 0.0126 e. The van der Waals surface area contributed by atoms with E-state index in [2.05, 4.69) is 19.3 Å². The summed E-state index contributed by atoms with van der Waals surface area (Å²) in [7, 11) is 2.26. The van der Waals surface area contributed by atoms with Gasteiger partial charge in [-0.1, -0.05) is 19.8 Å². The van der Waals surface area contributed by atoms with Gasteiger partial charge < -0.3 is 5.32 Å². The summed E-state index contributed by atoms with van der Waals surface area (Å²) >= 11 is 0. The second kappa shape index (κ2) is 5.30. The first kappa shape index (κ1) is 13.6. The van der Waals surface area contributed by atoms with Crippen LogP contribution in [-0.4, -0.2) is 13.1 Å².